The van der Waals surface area contributed by atoms with Crippen LogP contribution in [0.3, 0.4) is 0 Å². The zero-order valence-electron chi connectivity index (χ0n) is 16.6. The molecule has 5 rings (SSSR count). The van der Waals surface area contributed by atoms with E-state index in [0.29, 0.717) is 21.9 Å². The maximum absolute atomic E-state index is 12.7. The SMILES string of the molecule is O=C1[N]c2cc(C3CCN(C4CCN(C(=O)c5sccc5Cl)CC4)CC3)ccc2N1. The minimum Gasteiger partial charge on any atom is -0.338 e. The molecule has 157 valence electrons. The molecule has 2 fully saturated rings. The van der Waals surface area contributed by atoms with Crippen molar-refractivity contribution in [3.8, 4) is 0 Å². The fraction of sp³-hybridized carbons (Fsp3) is 0.455. The van der Waals surface area contributed by atoms with Crippen LogP contribution in [0.4, 0.5) is 16.2 Å². The van der Waals surface area contributed by atoms with Gasteiger partial charge in [0.15, 0.2) is 0 Å². The van der Waals surface area contributed by atoms with E-state index in [4.69, 9.17) is 11.6 Å². The van der Waals surface area contributed by atoms with Crippen LogP contribution >= 0.6 is 22.9 Å². The summed E-state index contributed by atoms with van der Waals surface area (Å²) in [6, 6.07) is 8.22. The number of carbonyl (C=O) groups is 2. The maximum atomic E-state index is 12.7. The molecule has 8 heteroatoms. The summed E-state index contributed by atoms with van der Waals surface area (Å²) in [5, 5.41) is 9.23. The molecule has 0 unspecified atom stereocenters. The third kappa shape index (κ3) is 3.82. The van der Waals surface area contributed by atoms with Crippen molar-refractivity contribution in [3.63, 3.8) is 0 Å². The summed E-state index contributed by atoms with van der Waals surface area (Å²) in [6.45, 7) is 3.74. The third-order valence-corrected chi connectivity index (χ3v) is 7.90. The van der Waals surface area contributed by atoms with E-state index < -0.39 is 0 Å². The van der Waals surface area contributed by atoms with Crippen LogP contribution in [0.15, 0.2) is 29.6 Å². The lowest BCUT2D eigenvalue weighted by Gasteiger charge is -2.42. The number of nitrogens with one attached hydrogen (secondary N) is 1. The first-order chi connectivity index (χ1) is 14.6. The lowest BCUT2D eigenvalue weighted by Crippen LogP contribution is -2.48. The quantitative estimate of drug-likeness (QED) is 0.749. The highest BCUT2D eigenvalue weighted by Gasteiger charge is 2.31. The van der Waals surface area contributed by atoms with Gasteiger partial charge in [0.2, 0.25) is 0 Å². The Morgan fingerprint density at radius 2 is 1.87 bits per heavy atom. The van der Waals surface area contributed by atoms with Crippen molar-refractivity contribution >= 4 is 46.3 Å². The molecule has 4 heterocycles. The van der Waals surface area contributed by atoms with E-state index in [2.05, 4.69) is 27.7 Å². The zero-order valence-corrected chi connectivity index (χ0v) is 18.2. The van der Waals surface area contributed by atoms with Crippen molar-refractivity contribution in [3.05, 3.63) is 45.1 Å². The summed E-state index contributed by atoms with van der Waals surface area (Å²) in [5.74, 6) is 0.585. The summed E-state index contributed by atoms with van der Waals surface area (Å²) in [7, 11) is 0. The van der Waals surface area contributed by atoms with Gasteiger partial charge in [-0.3, -0.25) is 4.79 Å². The summed E-state index contributed by atoms with van der Waals surface area (Å²) in [5.41, 5.74) is 2.86. The molecule has 1 radical (unpaired) electrons. The Bertz CT molecular complexity index is 962. The van der Waals surface area contributed by atoms with Crippen LogP contribution in [-0.4, -0.2) is 54.0 Å². The molecular formula is C22H24ClN4O2S. The predicted octanol–water partition coefficient (Wildman–Crippen LogP) is 4.67. The Kier molecular flexibility index (Phi) is 5.43. The van der Waals surface area contributed by atoms with E-state index in [1.807, 2.05) is 16.3 Å². The number of hydrogen-bond acceptors (Lipinski definition) is 4. The van der Waals surface area contributed by atoms with Crippen LogP contribution in [0, 0.1) is 0 Å². The lowest BCUT2D eigenvalue weighted by molar-refractivity contribution is 0.0582. The van der Waals surface area contributed by atoms with Gasteiger partial charge in [-0.25, -0.2) is 4.79 Å². The molecule has 2 aromatic rings. The molecule has 3 aliphatic rings. The average molecular weight is 444 g/mol. The van der Waals surface area contributed by atoms with E-state index in [0.717, 1.165) is 63.2 Å². The molecule has 0 spiro atoms. The van der Waals surface area contributed by atoms with Crippen molar-refractivity contribution in [2.75, 3.05) is 31.5 Å². The third-order valence-electron chi connectivity index (χ3n) is 6.57. The van der Waals surface area contributed by atoms with Gasteiger partial charge in [0, 0.05) is 19.1 Å². The minimum absolute atomic E-state index is 0.0714. The second-order valence-electron chi connectivity index (χ2n) is 8.25. The normalized spacial score (nSPS) is 20.7. The monoisotopic (exact) mass is 443 g/mol. The van der Waals surface area contributed by atoms with E-state index in [9.17, 15) is 9.59 Å². The van der Waals surface area contributed by atoms with E-state index in [1.54, 1.807) is 6.07 Å². The number of urea groups is 1. The van der Waals surface area contributed by atoms with Crippen LogP contribution in [0.5, 0.6) is 0 Å². The minimum atomic E-state index is -0.275. The Morgan fingerprint density at radius 3 is 2.57 bits per heavy atom. The second kappa shape index (κ2) is 8.21. The number of carbonyl (C=O) groups excluding carboxylic acids is 2. The standard InChI is InChI=1S/C22H24ClN4O2S/c23-17-7-12-30-20(17)21(28)27-10-5-16(6-11-27)26-8-3-14(4-9-26)15-1-2-18-19(13-15)25-22(29)24-18/h1-2,7,12-14,16H,3-6,8-11H2,(H,24,29). The fourth-order valence-electron chi connectivity index (χ4n) is 4.88. The molecule has 30 heavy (non-hydrogen) atoms. The molecule has 3 aliphatic heterocycles. The van der Waals surface area contributed by atoms with Crippen LogP contribution < -0.4 is 10.6 Å². The van der Waals surface area contributed by atoms with Gasteiger partial charge in [-0.2, -0.15) is 5.32 Å². The highest BCUT2D eigenvalue weighted by atomic mass is 35.5. The number of benzene rings is 1. The number of amides is 3. The van der Waals surface area contributed by atoms with Gasteiger partial charge in [0.1, 0.15) is 4.88 Å². The Hall–Kier alpha value is -2.09. The first kappa shape index (κ1) is 19.8. The number of thiophene rings is 1. The summed E-state index contributed by atoms with van der Waals surface area (Å²) in [6.07, 6.45) is 4.27. The van der Waals surface area contributed by atoms with Crippen LogP contribution in [0.1, 0.15) is 46.8 Å². The zero-order chi connectivity index (χ0) is 20.7. The van der Waals surface area contributed by atoms with Gasteiger partial charge in [-0.1, -0.05) is 17.7 Å². The second-order valence-corrected chi connectivity index (χ2v) is 9.57. The molecule has 3 amide bonds. The molecule has 1 aromatic heterocycles. The molecule has 1 N–H and O–H groups in total. The molecular weight excluding hydrogens is 420 g/mol. The van der Waals surface area contributed by atoms with Crippen molar-refractivity contribution in [1.82, 2.24) is 15.1 Å². The number of rotatable bonds is 3. The summed E-state index contributed by atoms with van der Waals surface area (Å²) in [4.78, 5) is 29.3. The van der Waals surface area contributed by atoms with E-state index >= 15 is 0 Å². The number of hydrogen-bond donors (Lipinski definition) is 1. The van der Waals surface area contributed by atoms with Crippen molar-refractivity contribution in [2.24, 2.45) is 0 Å². The number of nitrogens with zero attached hydrogens (tertiary/aromatic N) is 3. The topological polar surface area (TPSA) is 66.8 Å². The Balaban J connectivity index is 1.14. The molecule has 1 aromatic carbocycles. The van der Waals surface area contributed by atoms with Crippen molar-refractivity contribution in [2.45, 2.75) is 37.6 Å². The van der Waals surface area contributed by atoms with E-state index in [1.165, 1.54) is 16.9 Å². The van der Waals surface area contributed by atoms with Gasteiger partial charge in [0.25, 0.3) is 5.91 Å². The molecule has 0 bridgehead atoms. The number of piperidine rings is 2. The molecule has 0 atom stereocenters. The first-order valence-corrected chi connectivity index (χ1v) is 11.8. The number of halogens is 1. The maximum Gasteiger partial charge on any atom is 0.346 e. The van der Waals surface area contributed by atoms with Crippen LogP contribution in [-0.2, 0) is 0 Å². The van der Waals surface area contributed by atoms with Crippen molar-refractivity contribution in [1.29, 1.82) is 0 Å². The van der Waals surface area contributed by atoms with Gasteiger partial charge < -0.3 is 15.1 Å². The van der Waals surface area contributed by atoms with Crippen LogP contribution in [0.25, 0.3) is 0 Å². The van der Waals surface area contributed by atoms with Gasteiger partial charge in [-0.05, 0) is 73.8 Å². The molecule has 6 nitrogen and oxygen atoms in total. The van der Waals surface area contributed by atoms with Gasteiger partial charge >= 0.3 is 6.03 Å². The smallest absolute Gasteiger partial charge is 0.338 e. The van der Waals surface area contributed by atoms with Gasteiger partial charge in [-0.15, -0.1) is 11.3 Å². The Labute approximate surface area is 185 Å². The van der Waals surface area contributed by atoms with Gasteiger partial charge in [0.05, 0.1) is 16.4 Å². The Morgan fingerprint density at radius 1 is 1.10 bits per heavy atom. The average Bonchev–Trinajstić information content (AvgIpc) is 3.37. The summed E-state index contributed by atoms with van der Waals surface area (Å²) >= 11 is 7.56. The summed E-state index contributed by atoms with van der Waals surface area (Å²) < 4.78 is 0. The van der Waals surface area contributed by atoms with E-state index in [-0.39, 0.29) is 11.9 Å². The molecule has 2 saturated heterocycles. The highest BCUT2D eigenvalue weighted by Crippen LogP contribution is 2.36. The molecule has 0 aliphatic carbocycles. The van der Waals surface area contributed by atoms with Crippen LogP contribution in [0.2, 0.25) is 5.02 Å². The highest BCUT2D eigenvalue weighted by molar-refractivity contribution is 7.12. The number of likely N-dealkylation sites (tertiary alicyclic amines) is 2. The lowest BCUT2D eigenvalue weighted by atomic mass is 9.87. The number of fused-ring (bicyclic) bond motifs is 1. The largest absolute Gasteiger partial charge is 0.346 e. The molecule has 0 saturated carbocycles. The fourth-order valence-corrected chi connectivity index (χ4v) is 5.98. The van der Waals surface area contributed by atoms with Crippen molar-refractivity contribution < 1.29 is 9.59 Å². The predicted molar refractivity (Wildman–Crippen MR) is 119 cm³/mol. The first-order valence-electron chi connectivity index (χ1n) is 10.5. The number of anilines is 1.